The van der Waals surface area contributed by atoms with Crippen LogP contribution < -0.4 is 14.8 Å². The Kier molecular flexibility index (Phi) is 6.36. The van der Waals surface area contributed by atoms with Crippen molar-refractivity contribution in [1.29, 1.82) is 0 Å². The molecule has 1 N–H and O–H groups in total. The average Bonchev–Trinajstić information content (AvgIpc) is 3.22. The first-order chi connectivity index (χ1) is 14.3. The van der Waals surface area contributed by atoms with Crippen molar-refractivity contribution in [2.75, 3.05) is 25.3 Å². The highest BCUT2D eigenvalue weighted by Gasteiger charge is 2.15. The third-order valence-electron chi connectivity index (χ3n) is 4.30. The van der Waals surface area contributed by atoms with Crippen molar-refractivity contribution in [3.63, 3.8) is 0 Å². The molecule has 9 nitrogen and oxygen atoms in total. The summed E-state index contributed by atoms with van der Waals surface area (Å²) in [4.78, 5) is 12.5. The highest BCUT2D eigenvalue weighted by atomic mass is 32.2. The molecule has 0 spiro atoms. The Morgan fingerprint density at radius 2 is 1.67 bits per heavy atom. The third-order valence-corrected chi connectivity index (χ3v) is 6.05. The molecule has 1 aromatic heterocycles. The number of ether oxygens (including phenoxy) is 2. The Bertz CT molecular complexity index is 1120. The Morgan fingerprint density at radius 3 is 2.23 bits per heavy atom. The minimum Gasteiger partial charge on any atom is -0.497 e. The van der Waals surface area contributed by atoms with E-state index in [1.165, 1.54) is 26.4 Å². The lowest BCUT2D eigenvalue weighted by atomic mass is 10.1. The first-order valence-electron chi connectivity index (χ1n) is 9.03. The standard InChI is InChI=1S/C20H21N3O6S/c1-4-30(25,26)17-7-5-13(6-8-17)9-18(24)21-20-23-22-19(29-20)14-10-15(27-2)12-16(11-14)28-3/h5-8,10-12H,4,9H2,1-3H3,(H,21,23,24). The summed E-state index contributed by atoms with van der Waals surface area (Å²) in [5.41, 5.74) is 1.23. The molecule has 2 aromatic carbocycles. The minimum absolute atomic E-state index is 0.0193. The number of sulfone groups is 1. The van der Waals surface area contributed by atoms with E-state index in [0.717, 1.165) is 0 Å². The summed E-state index contributed by atoms with van der Waals surface area (Å²) in [6, 6.07) is 11.2. The first-order valence-corrected chi connectivity index (χ1v) is 10.7. The van der Waals surface area contributed by atoms with E-state index >= 15 is 0 Å². The fourth-order valence-electron chi connectivity index (χ4n) is 2.65. The maximum atomic E-state index is 12.3. The number of aromatic nitrogens is 2. The van der Waals surface area contributed by atoms with E-state index in [0.29, 0.717) is 22.6 Å². The second-order valence-electron chi connectivity index (χ2n) is 6.29. The maximum absolute atomic E-state index is 12.3. The number of nitrogens with zero attached hydrogens (tertiary/aromatic N) is 2. The molecule has 158 valence electrons. The number of anilines is 1. The summed E-state index contributed by atoms with van der Waals surface area (Å²) in [5.74, 6) is 0.949. The van der Waals surface area contributed by atoms with E-state index in [4.69, 9.17) is 13.9 Å². The lowest BCUT2D eigenvalue weighted by Gasteiger charge is -2.06. The monoisotopic (exact) mass is 431 g/mol. The molecule has 3 rings (SSSR count). The van der Waals surface area contributed by atoms with Crippen molar-refractivity contribution in [3.8, 4) is 23.0 Å². The molecule has 3 aromatic rings. The molecule has 0 saturated carbocycles. The summed E-state index contributed by atoms with van der Waals surface area (Å²) in [6.45, 7) is 1.58. The van der Waals surface area contributed by atoms with Gasteiger partial charge in [0.1, 0.15) is 11.5 Å². The van der Waals surface area contributed by atoms with Crippen LogP contribution in [0.5, 0.6) is 11.5 Å². The topological polar surface area (TPSA) is 121 Å². The average molecular weight is 431 g/mol. The Balaban J connectivity index is 1.68. The molecule has 0 unspecified atom stereocenters. The summed E-state index contributed by atoms with van der Waals surface area (Å²) in [6.07, 6.45) is 0.0249. The number of hydrogen-bond acceptors (Lipinski definition) is 8. The lowest BCUT2D eigenvalue weighted by Crippen LogP contribution is -2.14. The highest BCUT2D eigenvalue weighted by Crippen LogP contribution is 2.29. The Morgan fingerprint density at radius 1 is 1.03 bits per heavy atom. The normalized spacial score (nSPS) is 11.2. The van der Waals surface area contributed by atoms with Crippen molar-refractivity contribution < 1.29 is 27.1 Å². The van der Waals surface area contributed by atoms with Crippen LogP contribution in [-0.4, -0.2) is 44.5 Å². The molecule has 0 aliphatic heterocycles. The van der Waals surface area contributed by atoms with E-state index < -0.39 is 9.84 Å². The predicted molar refractivity (Wildman–Crippen MR) is 109 cm³/mol. The van der Waals surface area contributed by atoms with Crippen LogP contribution in [0.4, 0.5) is 6.01 Å². The van der Waals surface area contributed by atoms with Crippen LogP contribution in [0.15, 0.2) is 51.8 Å². The van der Waals surface area contributed by atoms with Crippen LogP contribution in [0.1, 0.15) is 12.5 Å². The van der Waals surface area contributed by atoms with Gasteiger partial charge in [0.15, 0.2) is 9.84 Å². The molecular weight excluding hydrogens is 410 g/mol. The van der Waals surface area contributed by atoms with Gasteiger partial charge in [-0.05, 0) is 29.8 Å². The van der Waals surface area contributed by atoms with Gasteiger partial charge >= 0.3 is 6.01 Å². The van der Waals surface area contributed by atoms with Crippen LogP contribution >= 0.6 is 0 Å². The van der Waals surface area contributed by atoms with Gasteiger partial charge in [-0.15, -0.1) is 5.10 Å². The quantitative estimate of drug-likeness (QED) is 0.578. The number of hydrogen-bond donors (Lipinski definition) is 1. The summed E-state index contributed by atoms with van der Waals surface area (Å²) >= 11 is 0. The van der Waals surface area contributed by atoms with Crippen molar-refractivity contribution in [3.05, 3.63) is 48.0 Å². The van der Waals surface area contributed by atoms with Crippen molar-refractivity contribution in [2.24, 2.45) is 0 Å². The second-order valence-corrected chi connectivity index (χ2v) is 8.56. The number of methoxy groups -OCH3 is 2. The molecule has 1 amide bonds. The molecule has 0 radical (unpaired) electrons. The van der Waals surface area contributed by atoms with Gasteiger partial charge in [0, 0.05) is 11.6 Å². The molecule has 0 fully saturated rings. The SMILES string of the molecule is CCS(=O)(=O)c1ccc(CC(=O)Nc2nnc(-c3cc(OC)cc(OC)c3)o2)cc1. The van der Waals surface area contributed by atoms with Crippen molar-refractivity contribution in [2.45, 2.75) is 18.2 Å². The van der Waals surface area contributed by atoms with E-state index in [9.17, 15) is 13.2 Å². The molecule has 0 bridgehead atoms. The van der Waals surface area contributed by atoms with E-state index in [1.54, 1.807) is 37.3 Å². The Labute approximate surface area is 174 Å². The van der Waals surface area contributed by atoms with Gasteiger partial charge in [-0.3, -0.25) is 10.1 Å². The third kappa shape index (κ3) is 4.95. The molecule has 0 aliphatic carbocycles. The van der Waals surface area contributed by atoms with Crippen LogP contribution in [0, 0.1) is 0 Å². The zero-order valence-electron chi connectivity index (χ0n) is 16.7. The molecule has 1 heterocycles. The molecule has 10 heteroatoms. The number of amides is 1. The van der Waals surface area contributed by atoms with Gasteiger partial charge in [-0.25, -0.2) is 8.42 Å². The van der Waals surface area contributed by atoms with E-state index in [2.05, 4.69) is 15.5 Å². The lowest BCUT2D eigenvalue weighted by molar-refractivity contribution is -0.115. The fraction of sp³-hybridized carbons (Fsp3) is 0.250. The molecule has 30 heavy (non-hydrogen) atoms. The van der Waals surface area contributed by atoms with Crippen LogP contribution in [0.25, 0.3) is 11.5 Å². The molecular formula is C20H21N3O6S. The number of nitrogens with one attached hydrogen (secondary N) is 1. The molecule has 0 saturated heterocycles. The number of carbonyl (C=O) groups is 1. The number of carbonyl (C=O) groups excluding carboxylic acids is 1. The van der Waals surface area contributed by atoms with Gasteiger partial charge in [0.05, 0.1) is 31.3 Å². The summed E-state index contributed by atoms with van der Waals surface area (Å²) in [5, 5.41) is 10.3. The van der Waals surface area contributed by atoms with Gasteiger partial charge in [0.25, 0.3) is 0 Å². The number of benzene rings is 2. The van der Waals surface area contributed by atoms with Gasteiger partial charge < -0.3 is 13.9 Å². The van der Waals surface area contributed by atoms with Crippen LogP contribution in [-0.2, 0) is 21.1 Å². The van der Waals surface area contributed by atoms with Crippen molar-refractivity contribution in [1.82, 2.24) is 10.2 Å². The second kappa shape index (κ2) is 8.95. The maximum Gasteiger partial charge on any atom is 0.322 e. The zero-order chi connectivity index (χ0) is 21.7. The first kappa shape index (κ1) is 21.3. The highest BCUT2D eigenvalue weighted by molar-refractivity contribution is 7.91. The fourth-order valence-corrected chi connectivity index (χ4v) is 3.54. The Hall–Kier alpha value is -3.40. The smallest absolute Gasteiger partial charge is 0.322 e. The van der Waals surface area contributed by atoms with Crippen LogP contribution in [0.3, 0.4) is 0 Å². The van der Waals surface area contributed by atoms with Gasteiger partial charge in [0.2, 0.25) is 11.8 Å². The molecule has 0 atom stereocenters. The van der Waals surface area contributed by atoms with Gasteiger partial charge in [-0.2, -0.15) is 0 Å². The van der Waals surface area contributed by atoms with E-state index in [1.807, 2.05) is 0 Å². The van der Waals surface area contributed by atoms with Crippen LogP contribution in [0.2, 0.25) is 0 Å². The summed E-state index contributed by atoms with van der Waals surface area (Å²) in [7, 11) is -0.217. The van der Waals surface area contributed by atoms with Crippen molar-refractivity contribution >= 4 is 21.8 Å². The van der Waals surface area contributed by atoms with E-state index in [-0.39, 0.29) is 34.9 Å². The largest absolute Gasteiger partial charge is 0.497 e. The zero-order valence-corrected chi connectivity index (χ0v) is 17.5. The number of rotatable bonds is 8. The molecule has 0 aliphatic rings. The predicted octanol–water partition coefficient (Wildman–Crippen LogP) is 2.73. The minimum atomic E-state index is -3.28. The van der Waals surface area contributed by atoms with Gasteiger partial charge in [-0.1, -0.05) is 24.2 Å². The summed E-state index contributed by atoms with van der Waals surface area (Å²) < 4.78 is 39.6.